The van der Waals surface area contributed by atoms with Gasteiger partial charge in [-0.15, -0.1) is 0 Å². The van der Waals surface area contributed by atoms with Crippen LogP contribution in [-0.2, 0) is 0 Å². The summed E-state index contributed by atoms with van der Waals surface area (Å²) in [6.07, 6.45) is 4.54. The minimum Gasteiger partial charge on any atom is -0.327 e. The monoisotopic (exact) mass is 191 g/mol. The highest BCUT2D eigenvalue weighted by molar-refractivity contribution is 5.23. The van der Waals surface area contributed by atoms with Crippen LogP contribution in [0.25, 0.3) is 0 Å². The van der Waals surface area contributed by atoms with Crippen LogP contribution in [-0.4, -0.2) is 16.0 Å². The molecular formula is C11H17N3. The summed E-state index contributed by atoms with van der Waals surface area (Å²) in [6.45, 7) is 6.43. The lowest BCUT2D eigenvalue weighted by molar-refractivity contribution is 0.0945. The maximum absolute atomic E-state index is 5.99. The van der Waals surface area contributed by atoms with E-state index < -0.39 is 0 Å². The van der Waals surface area contributed by atoms with Crippen molar-refractivity contribution in [2.75, 3.05) is 0 Å². The third kappa shape index (κ3) is 1.23. The first-order valence-corrected chi connectivity index (χ1v) is 5.06. The van der Waals surface area contributed by atoms with Gasteiger partial charge in [-0.25, -0.2) is 0 Å². The third-order valence-corrected chi connectivity index (χ3v) is 3.59. The second-order valence-corrected chi connectivity index (χ2v) is 4.74. The van der Waals surface area contributed by atoms with E-state index in [0.717, 1.165) is 17.8 Å². The Hall–Kier alpha value is -0.960. The second-order valence-electron chi connectivity index (χ2n) is 4.74. The second kappa shape index (κ2) is 3.02. The average Bonchev–Trinajstić information content (AvgIpc) is 2.16. The van der Waals surface area contributed by atoms with Crippen LogP contribution in [0, 0.1) is 12.3 Å². The number of aromatic nitrogens is 2. The van der Waals surface area contributed by atoms with Crippen molar-refractivity contribution < 1.29 is 0 Å². The van der Waals surface area contributed by atoms with Crippen LogP contribution in [0.4, 0.5) is 0 Å². The normalized spacial score (nSPS) is 29.7. The number of hydrogen-bond acceptors (Lipinski definition) is 3. The first-order chi connectivity index (χ1) is 6.53. The van der Waals surface area contributed by atoms with Crippen molar-refractivity contribution in [2.24, 2.45) is 11.1 Å². The van der Waals surface area contributed by atoms with Gasteiger partial charge in [-0.05, 0) is 18.8 Å². The molecule has 0 aromatic carbocycles. The SMILES string of the molecule is Cc1nccnc1C1CC(N)C1(C)C. The van der Waals surface area contributed by atoms with Gasteiger partial charge in [-0.1, -0.05) is 13.8 Å². The highest BCUT2D eigenvalue weighted by Crippen LogP contribution is 2.51. The van der Waals surface area contributed by atoms with E-state index in [1.54, 1.807) is 12.4 Å². The Morgan fingerprint density at radius 1 is 1.36 bits per heavy atom. The molecule has 0 amide bonds. The molecule has 0 spiro atoms. The Morgan fingerprint density at radius 3 is 2.50 bits per heavy atom. The molecule has 2 atom stereocenters. The van der Waals surface area contributed by atoms with Crippen molar-refractivity contribution in [2.45, 2.75) is 39.2 Å². The summed E-state index contributed by atoms with van der Waals surface area (Å²) in [4.78, 5) is 8.68. The Kier molecular flexibility index (Phi) is 2.07. The molecule has 0 bridgehead atoms. The van der Waals surface area contributed by atoms with Crippen molar-refractivity contribution in [1.29, 1.82) is 0 Å². The average molecular weight is 191 g/mol. The fraction of sp³-hybridized carbons (Fsp3) is 0.636. The van der Waals surface area contributed by atoms with E-state index in [-0.39, 0.29) is 5.41 Å². The van der Waals surface area contributed by atoms with Gasteiger partial charge in [-0.2, -0.15) is 0 Å². The van der Waals surface area contributed by atoms with Gasteiger partial charge < -0.3 is 5.73 Å². The van der Waals surface area contributed by atoms with Crippen molar-refractivity contribution in [3.63, 3.8) is 0 Å². The van der Waals surface area contributed by atoms with Gasteiger partial charge in [0.15, 0.2) is 0 Å². The molecule has 1 aliphatic rings. The molecule has 0 aliphatic heterocycles. The van der Waals surface area contributed by atoms with E-state index in [1.807, 2.05) is 6.92 Å². The van der Waals surface area contributed by atoms with Gasteiger partial charge in [0, 0.05) is 24.4 Å². The minimum absolute atomic E-state index is 0.167. The molecule has 1 aromatic rings. The van der Waals surface area contributed by atoms with Gasteiger partial charge in [0.1, 0.15) is 0 Å². The number of rotatable bonds is 1. The Morgan fingerprint density at radius 2 is 2.00 bits per heavy atom. The molecular weight excluding hydrogens is 174 g/mol. The lowest BCUT2D eigenvalue weighted by Gasteiger charge is -2.50. The summed E-state index contributed by atoms with van der Waals surface area (Å²) in [7, 11) is 0. The highest BCUT2D eigenvalue weighted by atomic mass is 14.8. The predicted molar refractivity (Wildman–Crippen MR) is 55.9 cm³/mol. The van der Waals surface area contributed by atoms with Gasteiger partial charge in [0.25, 0.3) is 0 Å². The zero-order valence-electron chi connectivity index (χ0n) is 8.99. The number of aryl methyl sites for hydroxylation is 1. The molecule has 2 unspecified atom stereocenters. The van der Waals surface area contributed by atoms with Crippen LogP contribution in [0.5, 0.6) is 0 Å². The van der Waals surface area contributed by atoms with Crippen molar-refractivity contribution in [3.05, 3.63) is 23.8 Å². The van der Waals surface area contributed by atoms with E-state index in [4.69, 9.17) is 5.73 Å². The van der Waals surface area contributed by atoms with Crippen molar-refractivity contribution in [3.8, 4) is 0 Å². The summed E-state index contributed by atoms with van der Waals surface area (Å²) >= 11 is 0. The first kappa shape index (κ1) is 9.59. The van der Waals surface area contributed by atoms with Crippen LogP contribution < -0.4 is 5.73 Å². The van der Waals surface area contributed by atoms with E-state index in [2.05, 4.69) is 23.8 Å². The van der Waals surface area contributed by atoms with Gasteiger partial charge in [0.2, 0.25) is 0 Å². The third-order valence-electron chi connectivity index (χ3n) is 3.59. The zero-order valence-corrected chi connectivity index (χ0v) is 8.99. The summed E-state index contributed by atoms with van der Waals surface area (Å²) in [5.41, 5.74) is 8.32. The van der Waals surface area contributed by atoms with Crippen LogP contribution in [0.2, 0.25) is 0 Å². The number of nitrogens with zero attached hydrogens (tertiary/aromatic N) is 2. The Labute approximate surface area is 84.8 Å². The molecule has 76 valence electrons. The van der Waals surface area contributed by atoms with Gasteiger partial charge in [0.05, 0.1) is 11.4 Å². The molecule has 2 N–H and O–H groups in total. The number of nitrogens with two attached hydrogens (primary N) is 1. The molecule has 0 saturated heterocycles. The summed E-state index contributed by atoms with van der Waals surface area (Å²) in [5.74, 6) is 0.478. The Balaban J connectivity index is 2.30. The topological polar surface area (TPSA) is 51.8 Å². The van der Waals surface area contributed by atoms with E-state index in [9.17, 15) is 0 Å². The zero-order chi connectivity index (χ0) is 10.3. The lowest BCUT2D eigenvalue weighted by atomic mass is 9.57. The predicted octanol–water partition coefficient (Wildman–Crippen LogP) is 1.63. The van der Waals surface area contributed by atoms with Gasteiger partial charge >= 0.3 is 0 Å². The van der Waals surface area contributed by atoms with Crippen LogP contribution in [0.15, 0.2) is 12.4 Å². The summed E-state index contributed by atoms with van der Waals surface area (Å²) in [6, 6.07) is 0.300. The molecule has 0 radical (unpaired) electrons. The van der Waals surface area contributed by atoms with E-state index >= 15 is 0 Å². The molecule has 1 aliphatic carbocycles. The maximum Gasteiger partial charge on any atom is 0.0653 e. The molecule has 2 rings (SSSR count). The summed E-state index contributed by atoms with van der Waals surface area (Å²) < 4.78 is 0. The Bertz CT molecular complexity index is 346. The van der Waals surface area contributed by atoms with Crippen LogP contribution in [0.1, 0.15) is 37.6 Å². The molecule has 3 heteroatoms. The molecule has 1 heterocycles. The molecule has 1 saturated carbocycles. The van der Waals surface area contributed by atoms with E-state index in [1.165, 1.54) is 0 Å². The molecule has 1 aromatic heterocycles. The first-order valence-electron chi connectivity index (χ1n) is 5.06. The molecule has 14 heavy (non-hydrogen) atoms. The molecule has 1 fully saturated rings. The largest absolute Gasteiger partial charge is 0.327 e. The standard InChI is InChI=1S/C11H17N3/c1-7-10(14-5-4-13-7)8-6-9(12)11(8,2)3/h4-5,8-9H,6,12H2,1-3H3. The van der Waals surface area contributed by atoms with Crippen molar-refractivity contribution in [1.82, 2.24) is 9.97 Å². The van der Waals surface area contributed by atoms with Gasteiger partial charge in [-0.3, -0.25) is 9.97 Å². The fourth-order valence-corrected chi connectivity index (χ4v) is 2.18. The smallest absolute Gasteiger partial charge is 0.0653 e. The minimum atomic E-state index is 0.167. The lowest BCUT2D eigenvalue weighted by Crippen LogP contribution is -2.53. The van der Waals surface area contributed by atoms with E-state index in [0.29, 0.717) is 12.0 Å². The maximum atomic E-state index is 5.99. The molecule has 3 nitrogen and oxygen atoms in total. The fourth-order valence-electron chi connectivity index (χ4n) is 2.18. The summed E-state index contributed by atoms with van der Waals surface area (Å²) in [5, 5.41) is 0. The van der Waals surface area contributed by atoms with Crippen LogP contribution >= 0.6 is 0 Å². The van der Waals surface area contributed by atoms with Crippen molar-refractivity contribution >= 4 is 0 Å². The highest BCUT2D eigenvalue weighted by Gasteiger charge is 2.47. The quantitative estimate of drug-likeness (QED) is 0.734. The van der Waals surface area contributed by atoms with Crippen LogP contribution in [0.3, 0.4) is 0 Å². The number of hydrogen-bond donors (Lipinski definition) is 1.